The van der Waals surface area contributed by atoms with Crippen LogP contribution >= 0.6 is 0 Å². The van der Waals surface area contributed by atoms with E-state index in [-0.39, 0.29) is 6.03 Å². The molecule has 0 aromatic heterocycles. The molecule has 0 aromatic carbocycles. The lowest BCUT2D eigenvalue weighted by Crippen LogP contribution is -2.47. The van der Waals surface area contributed by atoms with Crippen molar-refractivity contribution < 1.29 is 4.79 Å². The van der Waals surface area contributed by atoms with Gasteiger partial charge < -0.3 is 15.5 Å². The number of nitrogens with one attached hydrogen (secondary N) is 2. The van der Waals surface area contributed by atoms with Crippen LogP contribution in [-0.2, 0) is 0 Å². The van der Waals surface area contributed by atoms with E-state index in [0.29, 0.717) is 12.0 Å². The molecular weight excluding hydrogens is 202 g/mol. The van der Waals surface area contributed by atoms with Gasteiger partial charge in [0.05, 0.1) is 0 Å². The molecule has 2 amide bonds. The molecule has 2 fully saturated rings. The number of nitrogens with zero attached hydrogens (tertiary/aromatic N) is 1. The number of hydrogen-bond donors (Lipinski definition) is 2. The van der Waals surface area contributed by atoms with Crippen molar-refractivity contribution in [2.45, 2.75) is 38.1 Å². The fourth-order valence-electron chi connectivity index (χ4n) is 2.37. The zero-order valence-corrected chi connectivity index (χ0v) is 10.2. The van der Waals surface area contributed by atoms with Gasteiger partial charge in [0, 0.05) is 19.6 Å². The molecule has 1 aliphatic carbocycles. The number of hydrogen-bond acceptors (Lipinski definition) is 2. The van der Waals surface area contributed by atoms with Crippen molar-refractivity contribution >= 4 is 6.03 Å². The van der Waals surface area contributed by atoms with Crippen molar-refractivity contribution in [1.29, 1.82) is 0 Å². The second kappa shape index (κ2) is 5.53. The molecule has 4 heteroatoms. The van der Waals surface area contributed by atoms with Crippen LogP contribution in [0.3, 0.4) is 0 Å². The molecule has 0 aromatic rings. The summed E-state index contributed by atoms with van der Waals surface area (Å²) in [5.74, 6) is 0.679. The molecule has 0 radical (unpaired) electrons. The van der Waals surface area contributed by atoms with E-state index in [2.05, 4.69) is 10.6 Å². The summed E-state index contributed by atoms with van der Waals surface area (Å²) < 4.78 is 0. The number of urea groups is 1. The van der Waals surface area contributed by atoms with E-state index >= 15 is 0 Å². The average Bonchev–Trinajstić information content (AvgIpc) is 2.24. The van der Waals surface area contributed by atoms with Crippen LogP contribution in [0.15, 0.2) is 0 Å². The SMILES string of the molecule is CN(CC1CCNCC1)C(=O)NC1CCC1. The van der Waals surface area contributed by atoms with Crippen molar-refractivity contribution in [3.8, 4) is 0 Å². The van der Waals surface area contributed by atoms with Gasteiger partial charge in [-0.2, -0.15) is 0 Å². The van der Waals surface area contributed by atoms with E-state index in [1.165, 1.54) is 19.3 Å². The van der Waals surface area contributed by atoms with E-state index in [0.717, 1.165) is 32.5 Å². The minimum Gasteiger partial charge on any atom is -0.335 e. The Morgan fingerprint density at radius 1 is 1.31 bits per heavy atom. The summed E-state index contributed by atoms with van der Waals surface area (Å²) in [6.45, 7) is 3.10. The Morgan fingerprint density at radius 2 is 2.00 bits per heavy atom. The highest BCUT2D eigenvalue weighted by molar-refractivity contribution is 5.74. The van der Waals surface area contributed by atoms with Gasteiger partial charge in [-0.1, -0.05) is 0 Å². The molecule has 1 aliphatic heterocycles. The molecule has 2 rings (SSSR count). The highest BCUT2D eigenvalue weighted by Gasteiger charge is 2.22. The zero-order valence-electron chi connectivity index (χ0n) is 10.2. The second-order valence-corrected chi connectivity index (χ2v) is 5.15. The van der Waals surface area contributed by atoms with Gasteiger partial charge in [-0.3, -0.25) is 0 Å². The molecule has 0 spiro atoms. The Bertz CT molecular complexity index is 234. The maximum atomic E-state index is 11.8. The summed E-state index contributed by atoms with van der Waals surface area (Å²) in [6, 6.07) is 0.561. The van der Waals surface area contributed by atoms with Gasteiger partial charge in [0.25, 0.3) is 0 Å². The van der Waals surface area contributed by atoms with Gasteiger partial charge >= 0.3 is 6.03 Å². The molecular formula is C12H23N3O. The van der Waals surface area contributed by atoms with Crippen molar-refractivity contribution in [3.63, 3.8) is 0 Å². The van der Waals surface area contributed by atoms with E-state index in [1.807, 2.05) is 11.9 Å². The van der Waals surface area contributed by atoms with E-state index in [1.54, 1.807) is 0 Å². The van der Waals surface area contributed by atoms with Crippen molar-refractivity contribution in [2.24, 2.45) is 5.92 Å². The first-order chi connectivity index (χ1) is 7.75. The molecule has 0 atom stereocenters. The van der Waals surface area contributed by atoms with Gasteiger partial charge in [-0.05, 0) is 51.1 Å². The van der Waals surface area contributed by atoms with Gasteiger partial charge in [0.15, 0.2) is 0 Å². The lowest BCUT2D eigenvalue weighted by Gasteiger charge is -2.31. The average molecular weight is 225 g/mol. The molecule has 2 N–H and O–H groups in total. The number of rotatable bonds is 3. The molecule has 1 saturated heterocycles. The minimum atomic E-state index is 0.114. The quantitative estimate of drug-likeness (QED) is 0.757. The predicted octanol–water partition coefficient (Wildman–Crippen LogP) is 1.18. The topological polar surface area (TPSA) is 44.4 Å². The number of carbonyl (C=O) groups is 1. The normalized spacial score (nSPS) is 22.6. The molecule has 4 nitrogen and oxygen atoms in total. The molecule has 0 unspecified atom stereocenters. The molecule has 2 aliphatic rings. The van der Waals surface area contributed by atoms with Crippen LogP contribution in [0.1, 0.15) is 32.1 Å². The molecule has 16 heavy (non-hydrogen) atoms. The van der Waals surface area contributed by atoms with Gasteiger partial charge in [-0.15, -0.1) is 0 Å². The van der Waals surface area contributed by atoms with Crippen LogP contribution in [-0.4, -0.2) is 43.7 Å². The first-order valence-electron chi connectivity index (χ1n) is 6.48. The van der Waals surface area contributed by atoms with Crippen LogP contribution in [0, 0.1) is 5.92 Å². The van der Waals surface area contributed by atoms with Crippen LogP contribution < -0.4 is 10.6 Å². The van der Waals surface area contributed by atoms with Crippen molar-refractivity contribution in [2.75, 3.05) is 26.7 Å². The summed E-state index contributed by atoms with van der Waals surface area (Å²) in [6.07, 6.45) is 5.98. The fourth-order valence-corrected chi connectivity index (χ4v) is 2.37. The van der Waals surface area contributed by atoms with E-state index in [9.17, 15) is 4.79 Å². The standard InChI is InChI=1S/C12H23N3O/c1-15(9-10-5-7-13-8-6-10)12(16)14-11-3-2-4-11/h10-11,13H,2-9H2,1H3,(H,14,16). The molecule has 1 heterocycles. The maximum absolute atomic E-state index is 11.8. The Labute approximate surface area is 97.8 Å². The van der Waals surface area contributed by atoms with Gasteiger partial charge in [0.2, 0.25) is 0 Å². The first kappa shape index (κ1) is 11.7. The monoisotopic (exact) mass is 225 g/mol. The van der Waals surface area contributed by atoms with E-state index in [4.69, 9.17) is 0 Å². The van der Waals surface area contributed by atoms with Gasteiger partial charge in [-0.25, -0.2) is 4.79 Å². The summed E-state index contributed by atoms with van der Waals surface area (Å²) in [5.41, 5.74) is 0. The highest BCUT2D eigenvalue weighted by atomic mass is 16.2. The number of amides is 2. The van der Waals surface area contributed by atoms with Gasteiger partial charge in [0.1, 0.15) is 0 Å². The summed E-state index contributed by atoms with van der Waals surface area (Å²) in [7, 11) is 1.91. The molecule has 92 valence electrons. The smallest absolute Gasteiger partial charge is 0.317 e. The largest absolute Gasteiger partial charge is 0.335 e. The van der Waals surface area contributed by atoms with Crippen LogP contribution in [0.25, 0.3) is 0 Å². The van der Waals surface area contributed by atoms with Crippen molar-refractivity contribution in [1.82, 2.24) is 15.5 Å². The zero-order chi connectivity index (χ0) is 11.4. The highest BCUT2D eigenvalue weighted by Crippen LogP contribution is 2.18. The summed E-state index contributed by atoms with van der Waals surface area (Å²) >= 11 is 0. The third-order valence-electron chi connectivity index (χ3n) is 3.77. The van der Waals surface area contributed by atoms with Crippen LogP contribution in [0.5, 0.6) is 0 Å². The summed E-state index contributed by atoms with van der Waals surface area (Å²) in [4.78, 5) is 13.7. The Hall–Kier alpha value is -0.770. The Kier molecular flexibility index (Phi) is 4.04. The van der Waals surface area contributed by atoms with Crippen LogP contribution in [0.4, 0.5) is 4.79 Å². The predicted molar refractivity (Wildman–Crippen MR) is 64.4 cm³/mol. The lowest BCUT2D eigenvalue weighted by atomic mass is 9.93. The number of piperidine rings is 1. The third kappa shape index (κ3) is 3.11. The number of carbonyl (C=O) groups excluding carboxylic acids is 1. The third-order valence-corrected chi connectivity index (χ3v) is 3.77. The Morgan fingerprint density at radius 3 is 2.56 bits per heavy atom. The summed E-state index contributed by atoms with van der Waals surface area (Å²) in [5, 5.41) is 6.43. The van der Waals surface area contributed by atoms with Crippen LogP contribution in [0.2, 0.25) is 0 Å². The lowest BCUT2D eigenvalue weighted by molar-refractivity contribution is 0.183. The molecule has 0 bridgehead atoms. The van der Waals surface area contributed by atoms with Crippen molar-refractivity contribution in [3.05, 3.63) is 0 Å². The second-order valence-electron chi connectivity index (χ2n) is 5.15. The van der Waals surface area contributed by atoms with E-state index < -0.39 is 0 Å². The molecule has 1 saturated carbocycles. The minimum absolute atomic E-state index is 0.114. The Balaban J connectivity index is 1.68. The fraction of sp³-hybridized carbons (Fsp3) is 0.917. The first-order valence-corrected chi connectivity index (χ1v) is 6.48. The maximum Gasteiger partial charge on any atom is 0.317 e.